The van der Waals surface area contributed by atoms with E-state index in [1.54, 1.807) is 12.1 Å². The van der Waals surface area contributed by atoms with Gasteiger partial charge in [0.1, 0.15) is 5.75 Å². The molecule has 0 bridgehead atoms. The highest BCUT2D eigenvalue weighted by Crippen LogP contribution is 2.46. The number of hydrogen-bond acceptors (Lipinski definition) is 1. The molecule has 1 aromatic carbocycles. The molecule has 0 spiro atoms. The summed E-state index contributed by atoms with van der Waals surface area (Å²) < 4.78 is 40.9. The van der Waals surface area contributed by atoms with Gasteiger partial charge in [0, 0.05) is 0 Å². The van der Waals surface area contributed by atoms with Gasteiger partial charge >= 0.3 is 6.36 Å². The van der Waals surface area contributed by atoms with Gasteiger partial charge in [-0.05, 0) is 72.1 Å². The molecule has 2 aliphatic rings. The van der Waals surface area contributed by atoms with Gasteiger partial charge in [0.25, 0.3) is 0 Å². The first kappa shape index (κ1) is 19.1. The predicted molar refractivity (Wildman–Crippen MR) is 98.6 cm³/mol. The van der Waals surface area contributed by atoms with Gasteiger partial charge in [-0.1, -0.05) is 51.1 Å². The second kappa shape index (κ2) is 7.13. The van der Waals surface area contributed by atoms with Crippen molar-refractivity contribution >= 4 is 5.57 Å². The lowest BCUT2D eigenvalue weighted by atomic mass is 9.63. The van der Waals surface area contributed by atoms with Crippen LogP contribution in [-0.2, 0) is 0 Å². The largest absolute Gasteiger partial charge is 0.573 e. The molecule has 0 heterocycles. The molecule has 0 saturated heterocycles. The van der Waals surface area contributed by atoms with Crippen LogP contribution < -0.4 is 4.74 Å². The monoisotopic (exact) mass is 364 g/mol. The third-order valence-corrected chi connectivity index (χ3v) is 5.55. The van der Waals surface area contributed by atoms with Crippen LogP contribution in [0, 0.1) is 23.2 Å². The lowest BCUT2D eigenvalue weighted by Gasteiger charge is -2.42. The molecule has 1 nitrogen and oxygen atoms in total. The molecular weight excluding hydrogens is 337 g/mol. The smallest absolute Gasteiger partial charge is 0.406 e. The fourth-order valence-electron chi connectivity index (χ4n) is 4.82. The number of ether oxygens (including phenoxy) is 1. The SMILES string of the molecule is C[C@H]1C[C@H](C2C=C(c3ccc(OC(F)(F)F)cc3)C=CC2)CC(C)(C)C1. The Kier molecular flexibility index (Phi) is 5.23. The van der Waals surface area contributed by atoms with Gasteiger partial charge in [0.05, 0.1) is 0 Å². The topological polar surface area (TPSA) is 9.23 Å². The van der Waals surface area contributed by atoms with Crippen LogP contribution in [-0.4, -0.2) is 6.36 Å². The predicted octanol–water partition coefficient (Wildman–Crippen LogP) is 7.01. The quantitative estimate of drug-likeness (QED) is 0.561. The Hall–Kier alpha value is -1.71. The van der Waals surface area contributed by atoms with Gasteiger partial charge < -0.3 is 4.74 Å². The third kappa shape index (κ3) is 4.93. The summed E-state index contributed by atoms with van der Waals surface area (Å²) in [7, 11) is 0. The molecule has 4 heteroatoms. The molecule has 2 aliphatic carbocycles. The maximum Gasteiger partial charge on any atom is 0.573 e. The van der Waals surface area contributed by atoms with Crippen molar-refractivity contribution in [3.8, 4) is 5.75 Å². The van der Waals surface area contributed by atoms with Crippen molar-refractivity contribution in [2.45, 2.75) is 52.8 Å². The molecule has 0 amide bonds. The van der Waals surface area contributed by atoms with Gasteiger partial charge in [-0.25, -0.2) is 0 Å². The number of rotatable bonds is 3. The van der Waals surface area contributed by atoms with Crippen LogP contribution in [0.3, 0.4) is 0 Å². The van der Waals surface area contributed by atoms with Crippen LogP contribution in [0.15, 0.2) is 42.5 Å². The standard InChI is InChI=1S/C22H27F3O/c1-15-11-19(14-21(2,3)13-15)18-6-4-5-17(12-18)16-7-9-20(10-8-16)26-22(23,24)25/h4-5,7-10,12,15,18-19H,6,11,13-14H2,1-3H3/t15-,18?,19-/m0/s1. The Bertz CT molecular complexity index is 682. The van der Waals surface area contributed by atoms with Gasteiger partial charge in [0.15, 0.2) is 0 Å². The molecule has 1 unspecified atom stereocenters. The Balaban J connectivity index is 1.75. The average molecular weight is 364 g/mol. The van der Waals surface area contributed by atoms with Crippen molar-refractivity contribution in [1.82, 2.24) is 0 Å². The number of allylic oxidation sites excluding steroid dienone is 4. The van der Waals surface area contributed by atoms with E-state index in [1.165, 1.54) is 31.4 Å². The van der Waals surface area contributed by atoms with Crippen LogP contribution >= 0.6 is 0 Å². The highest BCUT2D eigenvalue weighted by molar-refractivity contribution is 5.75. The summed E-state index contributed by atoms with van der Waals surface area (Å²) in [6.07, 6.45) is 6.76. The van der Waals surface area contributed by atoms with Crippen molar-refractivity contribution in [3.63, 3.8) is 0 Å². The van der Waals surface area contributed by atoms with Crippen LogP contribution in [0.25, 0.3) is 5.57 Å². The fraction of sp³-hybridized carbons (Fsp3) is 0.545. The maximum absolute atomic E-state index is 12.3. The van der Waals surface area contributed by atoms with E-state index >= 15 is 0 Å². The molecule has 142 valence electrons. The number of alkyl halides is 3. The molecule has 26 heavy (non-hydrogen) atoms. The van der Waals surface area contributed by atoms with E-state index in [0.29, 0.717) is 17.3 Å². The van der Waals surface area contributed by atoms with Crippen molar-refractivity contribution < 1.29 is 17.9 Å². The van der Waals surface area contributed by atoms with Crippen LogP contribution in [0.1, 0.15) is 52.0 Å². The lowest BCUT2D eigenvalue weighted by Crippen LogP contribution is -2.31. The molecule has 1 fully saturated rings. The molecule has 0 aliphatic heterocycles. The Labute approximate surface area is 153 Å². The van der Waals surface area contributed by atoms with Gasteiger partial charge in [0.2, 0.25) is 0 Å². The second-order valence-corrected chi connectivity index (χ2v) is 8.67. The van der Waals surface area contributed by atoms with E-state index in [0.717, 1.165) is 23.5 Å². The summed E-state index contributed by atoms with van der Waals surface area (Å²) in [6.45, 7) is 7.06. The van der Waals surface area contributed by atoms with E-state index in [-0.39, 0.29) is 5.75 Å². The normalized spacial score (nSPS) is 28.5. The fourth-order valence-corrected chi connectivity index (χ4v) is 4.82. The molecule has 0 aromatic heterocycles. The first-order valence-electron chi connectivity index (χ1n) is 9.36. The average Bonchev–Trinajstić information content (AvgIpc) is 2.52. The zero-order valence-electron chi connectivity index (χ0n) is 15.6. The molecular formula is C22H27F3O. The van der Waals surface area contributed by atoms with Crippen molar-refractivity contribution in [3.05, 3.63) is 48.1 Å². The highest BCUT2D eigenvalue weighted by atomic mass is 19.4. The molecule has 3 atom stereocenters. The molecule has 3 rings (SSSR count). The van der Waals surface area contributed by atoms with E-state index in [9.17, 15) is 13.2 Å². The van der Waals surface area contributed by atoms with Crippen LogP contribution in [0.5, 0.6) is 5.75 Å². The second-order valence-electron chi connectivity index (χ2n) is 8.67. The van der Waals surface area contributed by atoms with Crippen molar-refractivity contribution in [2.75, 3.05) is 0 Å². The summed E-state index contributed by atoms with van der Waals surface area (Å²) in [5.41, 5.74) is 2.41. The zero-order chi connectivity index (χ0) is 18.9. The van der Waals surface area contributed by atoms with E-state index in [1.807, 2.05) is 0 Å². The van der Waals surface area contributed by atoms with Crippen molar-refractivity contribution in [2.24, 2.45) is 23.2 Å². The number of halogens is 3. The molecule has 0 radical (unpaired) electrons. The minimum absolute atomic E-state index is 0.180. The summed E-state index contributed by atoms with van der Waals surface area (Å²) in [5, 5.41) is 0. The minimum Gasteiger partial charge on any atom is -0.406 e. The first-order chi connectivity index (χ1) is 12.1. The Morgan fingerprint density at radius 3 is 2.38 bits per heavy atom. The Morgan fingerprint density at radius 1 is 1.08 bits per heavy atom. The van der Waals surface area contributed by atoms with Gasteiger partial charge in [-0.15, -0.1) is 13.2 Å². The summed E-state index contributed by atoms with van der Waals surface area (Å²) in [5.74, 6) is 1.73. The van der Waals surface area contributed by atoms with E-state index < -0.39 is 6.36 Å². The first-order valence-corrected chi connectivity index (χ1v) is 9.36. The summed E-state index contributed by atoms with van der Waals surface area (Å²) >= 11 is 0. The summed E-state index contributed by atoms with van der Waals surface area (Å²) in [6, 6.07) is 6.17. The minimum atomic E-state index is -4.65. The molecule has 0 N–H and O–H groups in total. The zero-order valence-corrected chi connectivity index (χ0v) is 15.6. The molecule has 1 aromatic rings. The maximum atomic E-state index is 12.3. The van der Waals surface area contributed by atoms with Crippen LogP contribution in [0.2, 0.25) is 0 Å². The highest BCUT2D eigenvalue weighted by Gasteiger charge is 2.35. The summed E-state index contributed by atoms with van der Waals surface area (Å²) in [4.78, 5) is 0. The van der Waals surface area contributed by atoms with Crippen LogP contribution in [0.4, 0.5) is 13.2 Å². The number of benzene rings is 1. The van der Waals surface area contributed by atoms with Gasteiger partial charge in [-0.2, -0.15) is 0 Å². The van der Waals surface area contributed by atoms with E-state index in [2.05, 4.69) is 43.7 Å². The molecule has 1 saturated carbocycles. The van der Waals surface area contributed by atoms with Crippen molar-refractivity contribution in [1.29, 1.82) is 0 Å². The lowest BCUT2D eigenvalue weighted by molar-refractivity contribution is -0.274. The number of hydrogen-bond donors (Lipinski definition) is 0. The van der Waals surface area contributed by atoms with Gasteiger partial charge in [-0.3, -0.25) is 0 Å². The third-order valence-electron chi connectivity index (χ3n) is 5.55. The van der Waals surface area contributed by atoms with E-state index in [4.69, 9.17) is 0 Å². The Morgan fingerprint density at radius 2 is 1.77 bits per heavy atom.